The SMILES string of the molecule is CCS(=O)(=O)N1CCC[C@@H](C(=O)Nc2sc3c(c2C#N)CCC3)C1. The van der Waals surface area contributed by atoms with Gasteiger partial charge in [-0.15, -0.1) is 11.3 Å². The van der Waals surface area contributed by atoms with E-state index in [9.17, 15) is 18.5 Å². The first-order valence-corrected chi connectivity index (χ1v) is 10.7. The molecule has 0 bridgehead atoms. The van der Waals surface area contributed by atoms with E-state index in [0.717, 1.165) is 24.8 Å². The van der Waals surface area contributed by atoms with Crippen LogP contribution in [0.5, 0.6) is 0 Å². The van der Waals surface area contributed by atoms with E-state index in [0.29, 0.717) is 30.0 Å². The fraction of sp³-hybridized carbons (Fsp3) is 0.625. The fourth-order valence-corrected chi connectivity index (χ4v) is 5.84. The van der Waals surface area contributed by atoms with Crippen LogP contribution in [0.25, 0.3) is 0 Å². The highest BCUT2D eigenvalue weighted by atomic mass is 32.2. The van der Waals surface area contributed by atoms with Crippen molar-refractivity contribution in [2.45, 2.75) is 39.0 Å². The van der Waals surface area contributed by atoms with Gasteiger partial charge >= 0.3 is 0 Å². The number of hydrogen-bond acceptors (Lipinski definition) is 5. The molecule has 3 rings (SSSR count). The van der Waals surface area contributed by atoms with E-state index in [1.54, 1.807) is 6.92 Å². The molecular formula is C16H21N3O3S2. The first kappa shape index (κ1) is 17.4. The molecule has 1 atom stereocenters. The Morgan fingerprint density at radius 1 is 1.42 bits per heavy atom. The average molecular weight is 367 g/mol. The third kappa shape index (κ3) is 3.21. The van der Waals surface area contributed by atoms with Gasteiger partial charge < -0.3 is 5.32 Å². The van der Waals surface area contributed by atoms with Crippen LogP contribution in [0.3, 0.4) is 0 Å². The van der Waals surface area contributed by atoms with Crippen LogP contribution in [0.2, 0.25) is 0 Å². The number of aryl methyl sites for hydroxylation is 1. The first-order valence-electron chi connectivity index (χ1n) is 8.29. The van der Waals surface area contributed by atoms with E-state index in [1.807, 2.05) is 0 Å². The van der Waals surface area contributed by atoms with Crippen LogP contribution >= 0.6 is 11.3 Å². The van der Waals surface area contributed by atoms with Crippen LogP contribution in [0.4, 0.5) is 5.00 Å². The second-order valence-electron chi connectivity index (χ2n) is 6.26. The lowest BCUT2D eigenvalue weighted by atomic mass is 9.99. The van der Waals surface area contributed by atoms with Gasteiger partial charge in [0.15, 0.2) is 0 Å². The molecule has 24 heavy (non-hydrogen) atoms. The minimum absolute atomic E-state index is 0.0531. The molecule has 1 aromatic heterocycles. The monoisotopic (exact) mass is 367 g/mol. The first-order chi connectivity index (χ1) is 11.5. The Hall–Kier alpha value is -1.43. The number of carbonyl (C=O) groups excluding carboxylic acids is 1. The number of fused-ring (bicyclic) bond motifs is 1. The third-order valence-electron chi connectivity index (χ3n) is 4.78. The zero-order valence-corrected chi connectivity index (χ0v) is 15.3. The summed E-state index contributed by atoms with van der Waals surface area (Å²) in [7, 11) is -3.27. The van der Waals surface area contributed by atoms with Gasteiger partial charge in [-0.05, 0) is 44.6 Å². The van der Waals surface area contributed by atoms with Gasteiger partial charge in [0.1, 0.15) is 11.1 Å². The van der Waals surface area contributed by atoms with E-state index >= 15 is 0 Å². The van der Waals surface area contributed by atoms with Gasteiger partial charge in [-0.1, -0.05) is 0 Å². The van der Waals surface area contributed by atoms with Gasteiger partial charge in [-0.2, -0.15) is 5.26 Å². The van der Waals surface area contributed by atoms with E-state index in [-0.39, 0.29) is 24.1 Å². The van der Waals surface area contributed by atoms with Gasteiger partial charge in [0.2, 0.25) is 15.9 Å². The number of nitrogens with zero attached hydrogens (tertiary/aromatic N) is 2. The molecule has 8 heteroatoms. The molecule has 1 saturated heterocycles. The summed E-state index contributed by atoms with van der Waals surface area (Å²) in [5.41, 5.74) is 1.67. The molecule has 1 fully saturated rings. The van der Waals surface area contributed by atoms with Crippen molar-refractivity contribution in [2.75, 3.05) is 24.2 Å². The summed E-state index contributed by atoms with van der Waals surface area (Å²) in [5.74, 6) is -0.483. The highest BCUT2D eigenvalue weighted by molar-refractivity contribution is 7.89. The van der Waals surface area contributed by atoms with Crippen LogP contribution in [0.15, 0.2) is 0 Å². The number of hydrogen-bond donors (Lipinski definition) is 1. The van der Waals surface area contributed by atoms with Crippen LogP contribution in [-0.4, -0.2) is 37.5 Å². The number of thiophene rings is 1. The zero-order chi connectivity index (χ0) is 17.3. The highest BCUT2D eigenvalue weighted by Crippen LogP contribution is 2.39. The van der Waals surface area contributed by atoms with Crippen LogP contribution < -0.4 is 5.32 Å². The standard InChI is InChI=1S/C16H21N3O3S2/c1-2-24(21,22)19-8-4-5-11(10-19)15(20)18-16-13(9-17)12-6-3-7-14(12)23-16/h11H,2-8,10H2,1H3,(H,18,20)/t11-/m1/s1. The molecule has 6 nitrogen and oxygen atoms in total. The van der Waals surface area contributed by atoms with E-state index in [4.69, 9.17) is 0 Å². The summed E-state index contributed by atoms with van der Waals surface area (Å²) in [4.78, 5) is 13.8. The number of amides is 1. The van der Waals surface area contributed by atoms with Crippen molar-refractivity contribution in [3.63, 3.8) is 0 Å². The van der Waals surface area contributed by atoms with Crippen molar-refractivity contribution in [1.29, 1.82) is 5.26 Å². The molecule has 0 radical (unpaired) electrons. The van der Waals surface area contributed by atoms with Gasteiger partial charge in [-0.25, -0.2) is 12.7 Å². The Bertz CT molecular complexity index is 792. The quantitative estimate of drug-likeness (QED) is 0.882. The number of anilines is 1. The second kappa shape index (κ2) is 6.82. The lowest BCUT2D eigenvalue weighted by molar-refractivity contribution is -0.120. The molecule has 1 aliphatic heterocycles. The lowest BCUT2D eigenvalue weighted by Gasteiger charge is -2.30. The number of sulfonamides is 1. The van der Waals surface area contributed by atoms with E-state index < -0.39 is 10.0 Å². The summed E-state index contributed by atoms with van der Waals surface area (Å²) in [6.07, 6.45) is 4.29. The predicted octanol–water partition coefficient (Wildman–Crippen LogP) is 2.11. The topological polar surface area (TPSA) is 90.3 Å². The van der Waals surface area contributed by atoms with Crippen LogP contribution in [0.1, 0.15) is 42.2 Å². The van der Waals surface area contributed by atoms with Crippen molar-refractivity contribution < 1.29 is 13.2 Å². The van der Waals surface area contributed by atoms with Gasteiger partial charge in [0.05, 0.1) is 17.2 Å². The van der Waals surface area contributed by atoms with Gasteiger partial charge in [-0.3, -0.25) is 4.79 Å². The highest BCUT2D eigenvalue weighted by Gasteiger charge is 2.32. The number of nitrogens with one attached hydrogen (secondary N) is 1. The van der Waals surface area contributed by atoms with Gasteiger partial charge in [0.25, 0.3) is 0 Å². The lowest BCUT2D eigenvalue weighted by Crippen LogP contribution is -2.44. The molecule has 0 saturated carbocycles. The molecule has 0 unspecified atom stereocenters. The summed E-state index contributed by atoms with van der Waals surface area (Å²) in [5, 5.41) is 12.9. The largest absolute Gasteiger partial charge is 0.316 e. The Morgan fingerprint density at radius 3 is 2.92 bits per heavy atom. The second-order valence-corrected chi connectivity index (χ2v) is 9.62. The minimum Gasteiger partial charge on any atom is -0.316 e. The predicted molar refractivity (Wildman–Crippen MR) is 93.4 cm³/mol. The molecule has 2 aliphatic rings. The molecule has 2 heterocycles. The number of nitriles is 1. The average Bonchev–Trinajstić information content (AvgIpc) is 3.15. The normalized spacial score (nSPS) is 21.2. The molecule has 130 valence electrons. The summed E-state index contributed by atoms with van der Waals surface area (Å²) >= 11 is 1.49. The van der Waals surface area contributed by atoms with Crippen molar-refractivity contribution in [1.82, 2.24) is 4.31 Å². The summed E-state index contributed by atoms with van der Waals surface area (Å²) in [6.45, 7) is 2.33. The minimum atomic E-state index is -3.27. The van der Waals surface area contributed by atoms with Crippen molar-refractivity contribution in [3.8, 4) is 6.07 Å². The Balaban J connectivity index is 1.73. The smallest absolute Gasteiger partial charge is 0.229 e. The number of carbonyl (C=O) groups is 1. The fourth-order valence-electron chi connectivity index (χ4n) is 3.42. The molecule has 1 amide bonds. The van der Waals surface area contributed by atoms with Crippen LogP contribution in [-0.2, 0) is 27.7 Å². The third-order valence-corrected chi connectivity index (χ3v) is 7.84. The Labute approximate surface area is 146 Å². The number of rotatable bonds is 4. The molecule has 1 aliphatic carbocycles. The molecule has 1 N–H and O–H groups in total. The maximum Gasteiger partial charge on any atom is 0.229 e. The molecule has 0 aromatic carbocycles. The van der Waals surface area contributed by atoms with Crippen molar-refractivity contribution in [3.05, 3.63) is 16.0 Å². The molecular weight excluding hydrogens is 346 g/mol. The maximum absolute atomic E-state index is 12.6. The Morgan fingerprint density at radius 2 is 2.21 bits per heavy atom. The van der Waals surface area contributed by atoms with Crippen molar-refractivity contribution >= 4 is 32.3 Å². The maximum atomic E-state index is 12.6. The van der Waals surface area contributed by atoms with Gasteiger partial charge in [0, 0.05) is 18.0 Å². The molecule has 1 aromatic rings. The molecule has 0 spiro atoms. The van der Waals surface area contributed by atoms with E-state index in [1.165, 1.54) is 20.5 Å². The summed E-state index contributed by atoms with van der Waals surface area (Å²) < 4.78 is 25.5. The summed E-state index contributed by atoms with van der Waals surface area (Å²) in [6, 6.07) is 2.22. The Kier molecular flexibility index (Phi) is 4.95. The van der Waals surface area contributed by atoms with Crippen LogP contribution in [0, 0.1) is 17.2 Å². The number of piperidine rings is 1. The van der Waals surface area contributed by atoms with Crippen molar-refractivity contribution in [2.24, 2.45) is 5.92 Å². The zero-order valence-electron chi connectivity index (χ0n) is 13.7. The van der Waals surface area contributed by atoms with E-state index in [2.05, 4.69) is 11.4 Å².